The minimum absolute atomic E-state index is 0.218. The number of nitrogens with two attached hydrogens (primary N) is 1. The van der Waals surface area contributed by atoms with E-state index >= 15 is 0 Å². The molecular weight excluding hydrogens is 384 g/mol. The van der Waals surface area contributed by atoms with Crippen molar-refractivity contribution in [1.29, 1.82) is 0 Å². The first-order valence-corrected chi connectivity index (χ1v) is 9.46. The Balaban J connectivity index is 1.62. The molecule has 1 atom stereocenters. The summed E-state index contributed by atoms with van der Waals surface area (Å²) in [7, 11) is 0. The summed E-state index contributed by atoms with van der Waals surface area (Å²) < 4.78 is 0. The number of anilines is 1. The van der Waals surface area contributed by atoms with Crippen LogP contribution in [0.2, 0.25) is 0 Å². The second-order valence-electron chi connectivity index (χ2n) is 6.73. The van der Waals surface area contributed by atoms with Crippen molar-refractivity contribution in [1.82, 2.24) is 15.3 Å². The number of amidine groups is 1. The molecule has 0 spiro atoms. The quantitative estimate of drug-likeness (QED) is 0.191. The zero-order valence-electron chi connectivity index (χ0n) is 16.2. The van der Waals surface area contributed by atoms with E-state index in [4.69, 9.17) is 5.73 Å². The molecule has 152 valence electrons. The maximum Gasteiger partial charge on any atom is 0.329 e. The van der Waals surface area contributed by atoms with Crippen LogP contribution in [0.3, 0.4) is 0 Å². The van der Waals surface area contributed by atoms with Gasteiger partial charge in [0.1, 0.15) is 6.04 Å². The normalized spacial score (nSPS) is 17.3. The molecule has 3 amide bonds. The summed E-state index contributed by atoms with van der Waals surface area (Å²) in [5.74, 6) is -0.178. The monoisotopic (exact) mass is 404 g/mol. The highest BCUT2D eigenvalue weighted by Crippen LogP contribution is 2.32. The number of nitrogens with one attached hydrogen (secondary N) is 2. The summed E-state index contributed by atoms with van der Waals surface area (Å²) in [6.45, 7) is 2.58. The first-order chi connectivity index (χ1) is 14.6. The van der Waals surface area contributed by atoms with Gasteiger partial charge in [-0.1, -0.05) is 31.2 Å². The van der Waals surface area contributed by atoms with Crippen LogP contribution in [-0.4, -0.2) is 34.3 Å². The van der Waals surface area contributed by atoms with Crippen LogP contribution < -0.4 is 16.0 Å². The predicted octanol–water partition coefficient (Wildman–Crippen LogP) is 2.84. The summed E-state index contributed by atoms with van der Waals surface area (Å²) in [6, 6.07) is 11.0. The van der Waals surface area contributed by atoms with Gasteiger partial charge in [-0.25, -0.2) is 9.78 Å². The summed E-state index contributed by atoms with van der Waals surface area (Å²) in [5.41, 5.74) is 9.36. The molecule has 1 aliphatic rings. The maximum atomic E-state index is 12.5. The third-order valence-electron chi connectivity index (χ3n) is 4.70. The second-order valence-corrected chi connectivity index (χ2v) is 6.73. The van der Waals surface area contributed by atoms with Crippen LogP contribution in [0.1, 0.15) is 30.5 Å². The Morgan fingerprint density at radius 1 is 1.20 bits per heavy atom. The van der Waals surface area contributed by atoms with Gasteiger partial charge in [-0.3, -0.25) is 15.0 Å². The lowest BCUT2D eigenvalue weighted by atomic mass is 10.0. The number of hydrogen-bond donors (Lipinski definition) is 3. The molecule has 4 N–H and O–H groups in total. The number of imide groups is 1. The van der Waals surface area contributed by atoms with E-state index in [9.17, 15) is 9.59 Å². The van der Waals surface area contributed by atoms with Crippen LogP contribution in [0, 0.1) is 0 Å². The van der Waals surface area contributed by atoms with Crippen molar-refractivity contribution in [3.8, 4) is 0 Å². The van der Waals surface area contributed by atoms with E-state index in [0.717, 1.165) is 17.5 Å². The fraction of sp³-hybridized carbons (Fsp3) is 0.200. The number of nitrogens with zero attached hydrogens (tertiary/aromatic N) is 5. The predicted molar refractivity (Wildman–Crippen MR) is 112 cm³/mol. The molecule has 10 heteroatoms. The van der Waals surface area contributed by atoms with Crippen LogP contribution >= 0.6 is 0 Å². The molecular formula is C20H20N8O2. The molecule has 1 unspecified atom stereocenters. The van der Waals surface area contributed by atoms with E-state index in [1.807, 2.05) is 6.92 Å². The Morgan fingerprint density at radius 2 is 2.00 bits per heavy atom. The third-order valence-corrected chi connectivity index (χ3v) is 4.70. The number of hydrogen-bond acceptors (Lipinski definition) is 5. The van der Waals surface area contributed by atoms with Crippen molar-refractivity contribution < 1.29 is 9.59 Å². The zero-order chi connectivity index (χ0) is 21.1. The van der Waals surface area contributed by atoms with E-state index in [1.165, 1.54) is 4.90 Å². The number of fused-ring (bicyclic) bond motifs is 1. The number of H-pyrrole nitrogens is 1. The van der Waals surface area contributed by atoms with Gasteiger partial charge in [0.25, 0.3) is 5.91 Å². The highest BCUT2D eigenvalue weighted by Gasteiger charge is 2.40. The largest absolute Gasteiger partial charge is 0.382 e. The number of imidazole rings is 1. The van der Waals surface area contributed by atoms with E-state index in [1.54, 1.807) is 48.8 Å². The number of urea groups is 1. The summed E-state index contributed by atoms with van der Waals surface area (Å²) in [4.78, 5) is 33.6. The van der Waals surface area contributed by atoms with Gasteiger partial charge in [-0.15, -0.1) is 5.10 Å². The lowest BCUT2D eigenvalue weighted by Crippen LogP contribution is -2.29. The van der Waals surface area contributed by atoms with Gasteiger partial charge in [-0.2, -0.15) is 5.11 Å². The van der Waals surface area contributed by atoms with Gasteiger partial charge in [-0.05, 0) is 35.4 Å². The van der Waals surface area contributed by atoms with Gasteiger partial charge >= 0.3 is 6.03 Å². The molecule has 0 radical (unpaired) electrons. The Bertz CT molecular complexity index is 1150. The lowest BCUT2D eigenvalue weighted by Gasteiger charge is -2.22. The molecule has 3 aromatic rings. The van der Waals surface area contributed by atoms with E-state index in [0.29, 0.717) is 23.4 Å². The fourth-order valence-electron chi connectivity index (χ4n) is 3.23. The number of aromatic nitrogens is 2. The molecule has 4 rings (SSSR count). The highest BCUT2D eigenvalue weighted by molar-refractivity contribution is 6.15. The molecule has 2 heterocycles. The molecule has 1 fully saturated rings. The van der Waals surface area contributed by atoms with Crippen molar-refractivity contribution in [3.05, 3.63) is 59.9 Å². The molecule has 1 aliphatic heterocycles. The number of aromatic amines is 1. The Hall–Kier alpha value is -4.08. The van der Waals surface area contributed by atoms with Crippen LogP contribution in [0.4, 0.5) is 10.5 Å². The zero-order valence-corrected chi connectivity index (χ0v) is 16.2. The Labute approximate surface area is 171 Å². The maximum absolute atomic E-state index is 12.5. The SMILES string of the molecule is CCCN=NN=C(N)c1ccc(C2C(=O)NC(=O)N2c2ccc3nc[nH]c3c2)cc1. The third kappa shape index (κ3) is 3.62. The number of benzene rings is 2. The first kappa shape index (κ1) is 19.2. The minimum Gasteiger partial charge on any atom is -0.382 e. The van der Waals surface area contributed by atoms with E-state index < -0.39 is 18.0 Å². The highest BCUT2D eigenvalue weighted by atomic mass is 16.2. The molecule has 0 aliphatic carbocycles. The molecule has 10 nitrogen and oxygen atoms in total. The lowest BCUT2D eigenvalue weighted by molar-refractivity contribution is -0.119. The second kappa shape index (κ2) is 8.11. The minimum atomic E-state index is -0.797. The smallest absolute Gasteiger partial charge is 0.329 e. The van der Waals surface area contributed by atoms with Gasteiger partial charge in [0.2, 0.25) is 0 Å². The summed E-state index contributed by atoms with van der Waals surface area (Å²) in [6.07, 6.45) is 2.45. The van der Waals surface area contributed by atoms with Crippen LogP contribution in [-0.2, 0) is 4.79 Å². The Morgan fingerprint density at radius 3 is 2.77 bits per heavy atom. The van der Waals surface area contributed by atoms with Crippen LogP contribution in [0.5, 0.6) is 0 Å². The average Bonchev–Trinajstić information content (AvgIpc) is 3.33. The topological polar surface area (TPSA) is 141 Å². The van der Waals surface area contributed by atoms with Crippen molar-refractivity contribution in [2.45, 2.75) is 19.4 Å². The van der Waals surface area contributed by atoms with Crippen molar-refractivity contribution >= 4 is 34.5 Å². The number of carbonyl (C=O) groups is 2. The fourth-order valence-corrected chi connectivity index (χ4v) is 3.23. The van der Waals surface area contributed by atoms with E-state index in [2.05, 4.69) is 30.7 Å². The number of rotatable bonds is 6. The number of amides is 3. The molecule has 0 bridgehead atoms. The molecule has 1 saturated heterocycles. The first-order valence-electron chi connectivity index (χ1n) is 9.46. The van der Waals surface area contributed by atoms with Gasteiger partial charge in [0, 0.05) is 11.3 Å². The number of carbonyl (C=O) groups excluding carboxylic acids is 2. The summed E-state index contributed by atoms with van der Waals surface area (Å²) in [5, 5.41) is 13.8. The molecule has 1 aromatic heterocycles. The van der Waals surface area contributed by atoms with Crippen LogP contribution in [0.15, 0.2) is 64.2 Å². The van der Waals surface area contributed by atoms with Crippen molar-refractivity contribution in [2.75, 3.05) is 11.4 Å². The Kier molecular flexibility index (Phi) is 5.21. The van der Waals surface area contributed by atoms with Gasteiger partial charge in [0.05, 0.1) is 23.9 Å². The molecule has 30 heavy (non-hydrogen) atoms. The molecule has 2 aromatic carbocycles. The summed E-state index contributed by atoms with van der Waals surface area (Å²) >= 11 is 0. The van der Waals surface area contributed by atoms with Gasteiger partial charge < -0.3 is 10.7 Å². The van der Waals surface area contributed by atoms with Crippen molar-refractivity contribution in [2.24, 2.45) is 21.2 Å². The van der Waals surface area contributed by atoms with Crippen LogP contribution in [0.25, 0.3) is 11.0 Å². The van der Waals surface area contributed by atoms with Crippen molar-refractivity contribution in [3.63, 3.8) is 0 Å². The van der Waals surface area contributed by atoms with Gasteiger partial charge in [0.15, 0.2) is 5.84 Å². The average molecular weight is 404 g/mol. The van der Waals surface area contributed by atoms with E-state index in [-0.39, 0.29) is 5.84 Å². The standard InChI is InChI=1S/C20H20N8O2/c1-2-9-24-27-26-18(21)13-5-3-12(4-6-13)17-19(29)25-20(30)28(17)14-7-8-15-16(10-14)23-11-22-15/h3-8,10-11,17H,2,9H2,1H3,(H,22,23)(H2,21,24,26)(H,25,29,30). The molecule has 0 saturated carbocycles.